The van der Waals surface area contributed by atoms with Gasteiger partial charge in [-0.3, -0.25) is 4.79 Å². The van der Waals surface area contributed by atoms with Crippen LogP contribution >= 0.6 is 11.3 Å². The van der Waals surface area contributed by atoms with E-state index in [1.54, 1.807) is 11.3 Å². The number of nitrogens with zero attached hydrogens (tertiary/aromatic N) is 1. The van der Waals surface area contributed by atoms with Gasteiger partial charge in [0.15, 0.2) is 0 Å². The standard InChI is InChI=1S/C14H22N2OS/c1-16(9-8-11-5-4-10-18-11)14(17)12-6-2-3-7-13(12)15/h4-5,10,12-13H,2-3,6-9,15H2,1H3. The molecule has 0 saturated heterocycles. The van der Waals surface area contributed by atoms with Gasteiger partial charge in [-0.1, -0.05) is 18.9 Å². The lowest BCUT2D eigenvalue weighted by Crippen LogP contribution is -2.44. The molecule has 1 aliphatic carbocycles. The highest BCUT2D eigenvalue weighted by molar-refractivity contribution is 7.09. The Balaban J connectivity index is 1.84. The minimum absolute atomic E-state index is 0.0482. The average molecular weight is 266 g/mol. The monoisotopic (exact) mass is 266 g/mol. The van der Waals surface area contributed by atoms with Crippen LogP contribution in [0.25, 0.3) is 0 Å². The van der Waals surface area contributed by atoms with Crippen LogP contribution in [-0.4, -0.2) is 30.4 Å². The van der Waals surface area contributed by atoms with E-state index in [-0.39, 0.29) is 17.9 Å². The zero-order valence-corrected chi connectivity index (χ0v) is 11.8. The Morgan fingerprint density at radius 1 is 1.50 bits per heavy atom. The molecule has 2 N–H and O–H groups in total. The second-order valence-corrected chi connectivity index (χ2v) is 6.18. The molecule has 1 aromatic rings. The van der Waals surface area contributed by atoms with Gasteiger partial charge in [0.1, 0.15) is 0 Å². The van der Waals surface area contributed by atoms with E-state index in [9.17, 15) is 4.79 Å². The molecule has 1 heterocycles. The van der Waals surface area contributed by atoms with Gasteiger partial charge in [0.25, 0.3) is 0 Å². The fraction of sp³-hybridized carbons (Fsp3) is 0.643. The Morgan fingerprint density at radius 3 is 2.94 bits per heavy atom. The lowest BCUT2D eigenvalue weighted by molar-refractivity contribution is -0.135. The van der Waals surface area contributed by atoms with Crippen molar-refractivity contribution in [2.75, 3.05) is 13.6 Å². The lowest BCUT2D eigenvalue weighted by Gasteiger charge is -2.31. The number of carbonyl (C=O) groups is 1. The smallest absolute Gasteiger partial charge is 0.226 e. The van der Waals surface area contributed by atoms with E-state index >= 15 is 0 Å². The van der Waals surface area contributed by atoms with E-state index in [1.165, 1.54) is 11.3 Å². The van der Waals surface area contributed by atoms with Crippen molar-refractivity contribution in [1.82, 2.24) is 4.90 Å². The molecule has 3 nitrogen and oxygen atoms in total. The maximum atomic E-state index is 12.3. The van der Waals surface area contributed by atoms with E-state index in [4.69, 9.17) is 5.73 Å². The number of thiophene rings is 1. The summed E-state index contributed by atoms with van der Waals surface area (Å²) < 4.78 is 0. The summed E-state index contributed by atoms with van der Waals surface area (Å²) >= 11 is 1.75. The van der Waals surface area contributed by atoms with Crippen LogP contribution in [0.4, 0.5) is 0 Å². The molecule has 2 atom stereocenters. The molecular weight excluding hydrogens is 244 g/mol. The quantitative estimate of drug-likeness (QED) is 0.908. The third kappa shape index (κ3) is 3.33. The summed E-state index contributed by atoms with van der Waals surface area (Å²) in [5.41, 5.74) is 6.06. The molecule has 0 aromatic carbocycles. The first-order valence-electron chi connectivity index (χ1n) is 6.71. The van der Waals surface area contributed by atoms with Crippen molar-refractivity contribution in [2.45, 2.75) is 38.1 Å². The first-order valence-corrected chi connectivity index (χ1v) is 7.59. The molecule has 18 heavy (non-hydrogen) atoms. The summed E-state index contributed by atoms with van der Waals surface area (Å²) in [5.74, 6) is 0.283. The number of rotatable bonds is 4. The van der Waals surface area contributed by atoms with Crippen LogP contribution in [0.5, 0.6) is 0 Å². The van der Waals surface area contributed by atoms with Gasteiger partial charge in [-0.05, 0) is 30.7 Å². The van der Waals surface area contributed by atoms with Crippen molar-refractivity contribution in [2.24, 2.45) is 11.7 Å². The number of nitrogens with two attached hydrogens (primary N) is 1. The van der Waals surface area contributed by atoms with Gasteiger partial charge in [0.05, 0.1) is 5.92 Å². The zero-order valence-electron chi connectivity index (χ0n) is 11.0. The highest BCUT2D eigenvalue weighted by Crippen LogP contribution is 2.24. The molecule has 1 saturated carbocycles. The highest BCUT2D eigenvalue weighted by Gasteiger charge is 2.30. The Kier molecular flexibility index (Phi) is 4.78. The molecule has 1 amide bonds. The first-order chi connectivity index (χ1) is 8.68. The minimum atomic E-state index is 0.0482. The molecule has 1 aromatic heterocycles. The van der Waals surface area contributed by atoms with Gasteiger partial charge in [-0.25, -0.2) is 0 Å². The molecule has 0 radical (unpaired) electrons. The van der Waals surface area contributed by atoms with Crippen molar-refractivity contribution >= 4 is 17.2 Å². The molecule has 2 rings (SSSR count). The molecule has 1 aliphatic rings. The maximum Gasteiger partial charge on any atom is 0.226 e. The summed E-state index contributed by atoms with van der Waals surface area (Å²) in [4.78, 5) is 15.5. The van der Waals surface area contributed by atoms with Gasteiger partial charge >= 0.3 is 0 Å². The third-order valence-electron chi connectivity index (χ3n) is 3.79. The summed E-state index contributed by atoms with van der Waals surface area (Å²) in [6.45, 7) is 0.794. The molecular formula is C14H22N2OS. The van der Waals surface area contributed by atoms with Crippen molar-refractivity contribution in [1.29, 1.82) is 0 Å². The maximum absolute atomic E-state index is 12.3. The van der Waals surface area contributed by atoms with Gasteiger partial charge < -0.3 is 10.6 Å². The number of hydrogen-bond donors (Lipinski definition) is 1. The van der Waals surface area contributed by atoms with E-state index in [0.29, 0.717) is 0 Å². The van der Waals surface area contributed by atoms with Crippen molar-refractivity contribution in [3.63, 3.8) is 0 Å². The second kappa shape index (κ2) is 6.34. The SMILES string of the molecule is CN(CCc1cccs1)C(=O)C1CCCCC1N. The number of hydrogen-bond acceptors (Lipinski definition) is 3. The van der Waals surface area contributed by atoms with E-state index in [1.807, 2.05) is 11.9 Å². The Labute approximate surface area is 113 Å². The molecule has 2 unspecified atom stereocenters. The van der Waals surface area contributed by atoms with Crippen LogP contribution in [-0.2, 0) is 11.2 Å². The van der Waals surface area contributed by atoms with Crippen molar-refractivity contribution in [3.8, 4) is 0 Å². The molecule has 0 bridgehead atoms. The van der Waals surface area contributed by atoms with Crippen LogP contribution in [0.15, 0.2) is 17.5 Å². The normalized spacial score (nSPS) is 23.9. The fourth-order valence-electron chi connectivity index (χ4n) is 2.59. The van der Waals surface area contributed by atoms with Gasteiger partial charge in [0.2, 0.25) is 5.91 Å². The largest absolute Gasteiger partial charge is 0.345 e. The lowest BCUT2D eigenvalue weighted by atomic mass is 9.84. The summed E-state index contributed by atoms with van der Waals surface area (Å²) in [6.07, 6.45) is 5.22. The predicted molar refractivity (Wildman–Crippen MR) is 75.6 cm³/mol. The molecule has 0 aliphatic heterocycles. The van der Waals surface area contributed by atoms with Crippen LogP contribution in [0.3, 0.4) is 0 Å². The molecule has 100 valence electrons. The summed E-state index contributed by atoms with van der Waals surface area (Å²) in [6, 6.07) is 4.24. The second-order valence-electron chi connectivity index (χ2n) is 5.14. The predicted octanol–water partition coefficient (Wildman–Crippen LogP) is 2.27. The first kappa shape index (κ1) is 13.6. The number of carbonyl (C=O) groups excluding carboxylic acids is 1. The Morgan fingerprint density at radius 2 is 2.28 bits per heavy atom. The molecule has 0 spiro atoms. The van der Waals surface area contributed by atoms with Gasteiger partial charge in [-0.2, -0.15) is 0 Å². The molecule has 4 heteroatoms. The fourth-order valence-corrected chi connectivity index (χ4v) is 3.29. The van der Waals surface area contributed by atoms with E-state index in [0.717, 1.165) is 32.2 Å². The number of likely N-dealkylation sites (N-methyl/N-ethyl adjacent to an activating group) is 1. The summed E-state index contributed by atoms with van der Waals surface area (Å²) in [5, 5.41) is 2.08. The van der Waals surface area contributed by atoms with Gasteiger partial charge in [0, 0.05) is 24.5 Å². The van der Waals surface area contributed by atoms with E-state index in [2.05, 4.69) is 17.5 Å². The average Bonchev–Trinajstić information content (AvgIpc) is 2.89. The van der Waals surface area contributed by atoms with Crippen LogP contribution in [0.2, 0.25) is 0 Å². The van der Waals surface area contributed by atoms with Crippen LogP contribution < -0.4 is 5.73 Å². The van der Waals surface area contributed by atoms with E-state index < -0.39 is 0 Å². The van der Waals surface area contributed by atoms with Gasteiger partial charge in [-0.15, -0.1) is 11.3 Å². The third-order valence-corrected chi connectivity index (χ3v) is 4.72. The van der Waals surface area contributed by atoms with Crippen molar-refractivity contribution in [3.05, 3.63) is 22.4 Å². The summed E-state index contributed by atoms with van der Waals surface area (Å²) in [7, 11) is 1.90. The Hall–Kier alpha value is -0.870. The zero-order chi connectivity index (χ0) is 13.0. The van der Waals surface area contributed by atoms with Crippen molar-refractivity contribution < 1.29 is 4.79 Å². The Bertz CT molecular complexity index is 377. The van der Waals surface area contributed by atoms with Crippen LogP contribution in [0.1, 0.15) is 30.6 Å². The molecule has 1 fully saturated rings. The topological polar surface area (TPSA) is 46.3 Å². The minimum Gasteiger partial charge on any atom is -0.345 e. The van der Waals surface area contributed by atoms with Crippen LogP contribution in [0, 0.1) is 5.92 Å². The highest BCUT2D eigenvalue weighted by atomic mass is 32.1. The number of amides is 1.